The van der Waals surface area contributed by atoms with Gasteiger partial charge in [-0.05, 0) is 25.1 Å². The molecule has 0 fully saturated rings. The third-order valence-electron chi connectivity index (χ3n) is 5.64. The first kappa shape index (κ1) is 22.0. The number of allylic oxidation sites excluding steroid dienone is 1. The molecule has 0 unspecified atom stereocenters. The fraction of sp³-hybridized carbons (Fsp3) is 0.375. The van der Waals surface area contributed by atoms with E-state index in [4.69, 9.17) is 28.4 Å². The number of methoxy groups -OCH3 is 4. The number of hydrogen-bond donors (Lipinski definition) is 0. The van der Waals surface area contributed by atoms with E-state index in [1.165, 1.54) is 0 Å². The van der Waals surface area contributed by atoms with Gasteiger partial charge in [-0.2, -0.15) is 0 Å². The number of nitrogens with zero attached hydrogens (tertiary/aromatic N) is 1. The highest BCUT2D eigenvalue weighted by Crippen LogP contribution is 2.44. The van der Waals surface area contributed by atoms with Crippen LogP contribution in [0.15, 0.2) is 24.0 Å². The van der Waals surface area contributed by atoms with Crippen molar-refractivity contribution in [3.05, 3.63) is 46.2 Å². The largest absolute Gasteiger partial charge is 0.496 e. The quantitative estimate of drug-likeness (QED) is 0.605. The second kappa shape index (κ2) is 9.10. The number of rotatable bonds is 7. The van der Waals surface area contributed by atoms with Crippen LogP contribution >= 0.6 is 0 Å². The normalized spacial score (nSPS) is 16.3. The average molecular weight is 441 g/mol. The summed E-state index contributed by atoms with van der Waals surface area (Å²) in [4.78, 5) is 15.3. The van der Waals surface area contributed by atoms with Gasteiger partial charge in [-0.1, -0.05) is 0 Å². The van der Waals surface area contributed by atoms with Gasteiger partial charge in [0.15, 0.2) is 17.3 Å². The van der Waals surface area contributed by atoms with Crippen LogP contribution in [0, 0.1) is 6.92 Å². The first-order chi connectivity index (χ1) is 15.5. The number of ether oxygens (including phenoxy) is 6. The standard InChI is InChI=1S/C24H27NO7/c1-14-23-16(12-25(13-31-23)6-7-27-2)8-17-22(26)21(32-24(14)17)10-15-9-19(29-4)20(30-5)11-18(15)28-3/h8-11H,6-7,12-13H2,1-5H3/b21-10-. The zero-order valence-electron chi connectivity index (χ0n) is 18.9. The Bertz CT molecular complexity index is 1080. The van der Waals surface area contributed by atoms with Gasteiger partial charge in [-0.3, -0.25) is 9.69 Å². The molecule has 0 atom stereocenters. The van der Waals surface area contributed by atoms with Crippen LogP contribution in [0.4, 0.5) is 0 Å². The van der Waals surface area contributed by atoms with Gasteiger partial charge in [0.05, 0.1) is 33.5 Å². The van der Waals surface area contributed by atoms with Crippen molar-refractivity contribution >= 4 is 11.9 Å². The summed E-state index contributed by atoms with van der Waals surface area (Å²) in [5, 5.41) is 0. The Morgan fingerprint density at radius 2 is 1.72 bits per heavy atom. The lowest BCUT2D eigenvalue weighted by Gasteiger charge is -2.30. The molecule has 0 bridgehead atoms. The average Bonchev–Trinajstić information content (AvgIpc) is 3.12. The number of Topliss-reactive ketones (excluding diaryl/α,β-unsaturated/α-hetero) is 1. The Morgan fingerprint density at radius 3 is 2.41 bits per heavy atom. The maximum absolute atomic E-state index is 13.2. The summed E-state index contributed by atoms with van der Waals surface area (Å²) in [6, 6.07) is 5.33. The zero-order valence-corrected chi connectivity index (χ0v) is 18.9. The smallest absolute Gasteiger partial charge is 0.231 e. The van der Waals surface area contributed by atoms with E-state index in [1.54, 1.807) is 46.6 Å². The van der Waals surface area contributed by atoms with Crippen LogP contribution < -0.4 is 23.7 Å². The number of carbonyl (C=O) groups excluding carboxylic acids is 1. The molecule has 0 aromatic heterocycles. The Morgan fingerprint density at radius 1 is 1.00 bits per heavy atom. The minimum atomic E-state index is -0.184. The van der Waals surface area contributed by atoms with Gasteiger partial charge in [0.25, 0.3) is 0 Å². The number of fused-ring (bicyclic) bond motifs is 2. The molecule has 0 radical (unpaired) electrons. The van der Waals surface area contributed by atoms with Gasteiger partial charge in [-0.25, -0.2) is 0 Å². The lowest BCUT2D eigenvalue weighted by molar-refractivity contribution is 0.0649. The molecule has 2 aliphatic rings. The van der Waals surface area contributed by atoms with Gasteiger partial charge >= 0.3 is 0 Å². The van der Waals surface area contributed by atoms with Crippen LogP contribution in [0.5, 0.6) is 28.7 Å². The van der Waals surface area contributed by atoms with Crippen molar-refractivity contribution in [3.63, 3.8) is 0 Å². The van der Waals surface area contributed by atoms with E-state index in [0.29, 0.717) is 54.0 Å². The monoisotopic (exact) mass is 441 g/mol. The summed E-state index contributed by atoms with van der Waals surface area (Å²) in [7, 11) is 6.34. The first-order valence-corrected chi connectivity index (χ1v) is 10.3. The Hall–Kier alpha value is -3.23. The summed E-state index contributed by atoms with van der Waals surface area (Å²) in [5.74, 6) is 2.94. The molecule has 2 heterocycles. The Kier molecular flexibility index (Phi) is 6.25. The molecule has 0 amide bonds. The predicted molar refractivity (Wildman–Crippen MR) is 118 cm³/mol. The van der Waals surface area contributed by atoms with Crippen molar-refractivity contribution in [2.45, 2.75) is 13.5 Å². The van der Waals surface area contributed by atoms with Gasteiger partial charge in [-0.15, -0.1) is 0 Å². The molecule has 2 aromatic carbocycles. The number of hydrogen-bond acceptors (Lipinski definition) is 8. The molecule has 170 valence electrons. The highest BCUT2D eigenvalue weighted by atomic mass is 16.5. The predicted octanol–water partition coefficient (Wildman–Crippen LogP) is 3.44. The molecule has 8 nitrogen and oxygen atoms in total. The molecule has 0 saturated heterocycles. The SMILES string of the molecule is COCCN1COc2c(cc3c(c2C)O/C(=C\c2cc(OC)c(OC)cc2OC)C3=O)C1. The molecule has 4 rings (SSSR count). The molecular formula is C24H27NO7. The van der Waals surface area contributed by atoms with E-state index in [9.17, 15) is 4.79 Å². The number of ketones is 1. The molecule has 0 saturated carbocycles. The summed E-state index contributed by atoms with van der Waals surface area (Å²) in [6.45, 7) is 4.43. The van der Waals surface area contributed by atoms with Gasteiger partial charge < -0.3 is 28.4 Å². The summed E-state index contributed by atoms with van der Waals surface area (Å²) >= 11 is 0. The van der Waals surface area contributed by atoms with Crippen molar-refractivity contribution in [2.75, 3.05) is 48.3 Å². The van der Waals surface area contributed by atoms with E-state index in [2.05, 4.69) is 4.90 Å². The van der Waals surface area contributed by atoms with Gasteiger partial charge in [0.2, 0.25) is 5.78 Å². The number of benzene rings is 2. The molecule has 0 N–H and O–H groups in total. The summed E-state index contributed by atoms with van der Waals surface area (Å²) < 4.78 is 33.3. The highest BCUT2D eigenvalue weighted by Gasteiger charge is 2.34. The molecule has 0 spiro atoms. The number of carbonyl (C=O) groups is 1. The third kappa shape index (κ3) is 3.87. The van der Waals surface area contributed by atoms with E-state index in [1.807, 2.05) is 13.0 Å². The molecule has 2 aliphatic heterocycles. The van der Waals surface area contributed by atoms with Crippen LogP contribution in [-0.2, 0) is 11.3 Å². The van der Waals surface area contributed by atoms with Crippen LogP contribution in [-0.4, -0.2) is 59.0 Å². The lowest BCUT2D eigenvalue weighted by atomic mass is 10.00. The third-order valence-corrected chi connectivity index (χ3v) is 5.64. The second-order valence-corrected chi connectivity index (χ2v) is 7.57. The molecule has 0 aliphatic carbocycles. The van der Waals surface area contributed by atoms with Crippen molar-refractivity contribution in [1.82, 2.24) is 4.90 Å². The van der Waals surface area contributed by atoms with E-state index >= 15 is 0 Å². The van der Waals surface area contributed by atoms with E-state index in [-0.39, 0.29) is 11.5 Å². The van der Waals surface area contributed by atoms with Crippen molar-refractivity contribution in [2.24, 2.45) is 0 Å². The van der Waals surface area contributed by atoms with Crippen molar-refractivity contribution < 1.29 is 33.2 Å². The summed E-state index contributed by atoms with van der Waals surface area (Å²) in [5.41, 5.74) is 2.96. The van der Waals surface area contributed by atoms with E-state index < -0.39 is 0 Å². The molecule has 32 heavy (non-hydrogen) atoms. The van der Waals surface area contributed by atoms with Crippen LogP contribution in [0.3, 0.4) is 0 Å². The van der Waals surface area contributed by atoms with Crippen molar-refractivity contribution in [3.8, 4) is 28.7 Å². The zero-order chi connectivity index (χ0) is 22.8. The maximum Gasteiger partial charge on any atom is 0.231 e. The fourth-order valence-electron chi connectivity index (χ4n) is 3.97. The van der Waals surface area contributed by atoms with Crippen LogP contribution in [0.2, 0.25) is 0 Å². The van der Waals surface area contributed by atoms with Gasteiger partial charge in [0, 0.05) is 43.0 Å². The minimum Gasteiger partial charge on any atom is -0.496 e. The topological polar surface area (TPSA) is 75.7 Å². The minimum absolute atomic E-state index is 0.184. The summed E-state index contributed by atoms with van der Waals surface area (Å²) in [6.07, 6.45) is 1.66. The highest BCUT2D eigenvalue weighted by molar-refractivity contribution is 6.15. The maximum atomic E-state index is 13.2. The van der Waals surface area contributed by atoms with Gasteiger partial charge in [0.1, 0.15) is 24.0 Å². The second-order valence-electron chi connectivity index (χ2n) is 7.57. The first-order valence-electron chi connectivity index (χ1n) is 10.3. The lowest BCUT2D eigenvalue weighted by Crippen LogP contribution is -2.34. The molecular weight excluding hydrogens is 414 g/mol. The fourth-order valence-corrected chi connectivity index (χ4v) is 3.97. The Labute approximate surface area is 187 Å². The molecule has 8 heteroatoms. The van der Waals surface area contributed by atoms with Crippen LogP contribution in [0.1, 0.15) is 27.0 Å². The van der Waals surface area contributed by atoms with E-state index in [0.717, 1.165) is 23.4 Å². The Balaban J connectivity index is 1.69. The van der Waals surface area contributed by atoms with Crippen LogP contribution in [0.25, 0.3) is 6.08 Å². The van der Waals surface area contributed by atoms with Crippen molar-refractivity contribution in [1.29, 1.82) is 0 Å². The molecule has 2 aromatic rings.